The van der Waals surface area contributed by atoms with E-state index in [1.807, 2.05) is 0 Å². The van der Waals surface area contributed by atoms with Gasteiger partial charge in [0.05, 0.1) is 0 Å². The van der Waals surface area contributed by atoms with Crippen LogP contribution < -0.4 is 0 Å². The van der Waals surface area contributed by atoms with Gasteiger partial charge in [0.1, 0.15) is 0 Å². The van der Waals surface area contributed by atoms with Gasteiger partial charge in [0.15, 0.2) is 0 Å². The van der Waals surface area contributed by atoms with Crippen molar-refractivity contribution in [3.63, 3.8) is 0 Å². The van der Waals surface area contributed by atoms with Crippen molar-refractivity contribution in [2.75, 3.05) is 7.05 Å². The molecule has 0 heterocycles. The second-order valence-corrected chi connectivity index (χ2v) is 5.89. The fourth-order valence-electron chi connectivity index (χ4n) is 2.87. The molecule has 1 fully saturated rings. The molecule has 0 aromatic carbocycles. The monoisotopic (exact) mass is 240 g/mol. The predicted molar refractivity (Wildman–Crippen MR) is 64.2 cm³/mol. The van der Waals surface area contributed by atoms with Crippen LogP contribution in [0, 0.1) is 11.8 Å². The van der Waals surface area contributed by atoms with Crippen molar-refractivity contribution in [1.29, 1.82) is 0 Å². The Balaban J connectivity index is 2.24. The van der Waals surface area contributed by atoms with Gasteiger partial charge in [-0.1, -0.05) is 25.2 Å². The fraction of sp³-hybridized carbons (Fsp3) is 0.667. The van der Waals surface area contributed by atoms with Gasteiger partial charge < -0.3 is 4.55 Å². The Kier molecular flexibility index (Phi) is 3.62. The van der Waals surface area contributed by atoms with E-state index in [4.69, 9.17) is 0 Å². The Hall–Kier alpha value is -0.450. The molecule has 2 aliphatic rings. The third-order valence-electron chi connectivity index (χ3n) is 3.69. The predicted octanol–water partition coefficient (Wildman–Crippen LogP) is 2.01. The van der Waals surface area contributed by atoms with Crippen molar-refractivity contribution in [1.82, 2.24) is 4.31 Å². The second-order valence-electron chi connectivity index (χ2n) is 4.88. The smallest absolute Gasteiger partial charge is 0.0429 e. The van der Waals surface area contributed by atoms with Gasteiger partial charge in [-0.25, -0.2) is 4.31 Å². The van der Waals surface area contributed by atoms with Crippen LogP contribution in [-0.2, 0) is 11.3 Å². The zero-order chi connectivity index (χ0) is 11.7. The van der Waals surface area contributed by atoms with Crippen LogP contribution in [-0.4, -0.2) is 26.2 Å². The zero-order valence-corrected chi connectivity index (χ0v) is 10.6. The van der Waals surface area contributed by atoms with Crippen LogP contribution in [0.4, 0.5) is 0 Å². The number of rotatable bonds is 2. The van der Waals surface area contributed by atoms with Crippen LogP contribution in [0.15, 0.2) is 23.8 Å². The van der Waals surface area contributed by atoms with Crippen molar-refractivity contribution in [2.24, 2.45) is 11.8 Å². The maximum Gasteiger partial charge on any atom is 0.0429 e. The van der Waals surface area contributed by atoms with Crippen molar-refractivity contribution in [3.8, 4) is 0 Å². The maximum atomic E-state index is 11.1. The van der Waals surface area contributed by atoms with E-state index in [1.54, 1.807) is 7.05 Å². The number of hydrogen-bond acceptors (Lipinski definition) is 2. The highest BCUT2D eigenvalue weighted by molar-refractivity contribution is 7.76. The standard InChI is InChI=1S/C12H19NO2S/c1-9-7-10-5-3-4-6-11(10)12(8-9)13(2)16(14)15/h3-4,6,9-10,12H,5,7-8H2,1-2H3,(H,14,15)/p-1. The molecule has 4 atom stereocenters. The molecule has 16 heavy (non-hydrogen) atoms. The van der Waals surface area contributed by atoms with Crippen LogP contribution in [0.1, 0.15) is 26.2 Å². The SMILES string of the molecule is CC1CC2CC=CC=C2C(N(C)S(=O)[O-])C1. The molecule has 4 unspecified atom stereocenters. The average Bonchev–Trinajstić information content (AvgIpc) is 2.26. The van der Waals surface area contributed by atoms with Gasteiger partial charge in [-0.15, -0.1) is 0 Å². The summed E-state index contributed by atoms with van der Waals surface area (Å²) in [5, 5.41) is 0. The first-order valence-electron chi connectivity index (χ1n) is 5.78. The lowest BCUT2D eigenvalue weighted by Crippen LogP contribution is -2.41. The highest BCUT2D eigenvalue weighted by Crippen LogP contribution is 2.39. The van der Waals surface area contributed by atoms with Gasteiger partial charge in [0.25, 0.3) is 0 Å². The normalized spacial score (nSPS) is 35.8. The lowest BCUT2D eigenvalue weighted by molar-refractivity contribution is 0.246. The molecule has 0 radical (unpaired) electrons. The summed E-state index contributed by atoms with van der Waals surface area (Å²) < 4.78 is 23.6. The Bertz CT molecular complexity index is 351. The molecule has 0 aromatic heterocycles. The minimum absolute atomic E-state index is 0.0667. The molecule has 2 aliphatic carbocycles. The van der Waals surface area contributed by atoms with Gasteiger partial charge in [0.2, 0.25) is 0 Å². The highest BCUT2D eigenvalue weighted by Gasteiger charge is 2.33. The van der Waals surface area contributed by atoms with Gasteiger partial charge in [-0.2, -0.15) is 0 Å². The van der Waals surface area contributed by atoms with E-state index < -0.39 is 11.3 Å². The van der Waals surface area contributed by atoms with E-state index in [1.165, 1.54) is 16.3 Å². The molecule has 0 N–H and O–H groups in total. The Morgan fingerprint density at radius 3 is 2.94 bits per heavy atom. The first-order valence-corrected chi connectivity index (χ1v) is 6.81. The van der Waals surface area contributed by atoms with E-state index in [0.717, 1.165) is 12.8 Å². The topological polar surface area (TPSA) is 43.4 Å². The van der Waals surface area contributed by atoms with Crippen LogP contribution in [0.3, 0.4) is 0 Å². The maximum absolute atomic E-state index is 11.1. The lowest BCUT2D eigenvalue weighted by Gasteiger charge is -2.41. The number of fused-ring (bicyclic) bond motifs is 1. The molecule has 90 valence electrons. The number of allylic oxidation sites excluding steroid dienone is 3. The van der Waals surface area contributed by atoms with Crippen LogP contribution in [0.25, 0.3) is 0 Å². The van der Waals surface area contributed by atoms with Gasteiger partial charge in [-0.3, -0.25) is 4.21 Å². The third kappa shape index (κ3) is 2.29. The van der Waals surface area contributed by atoms with Crippen LogP contribution >= 0.6 is 0 Å². The summed E-state index contributed by atoms with van der Waals surface area (Å²) in [4.78, 5) is 0. The highest BCUT2D eigenvalue weighted by atomic mass is 32.2. The lowest BCUT2D eigenvalue weighted by atomic mass is 9.73. The molecule has 2 rings (SSSR count). The molecule has 1 saturated carbocycles. The van der Waals surface area contributed by atoms with E-state index in [-0.39, 0.29) is 6.04 Å². The molecule has 0 saturated heterocycles. The second kappa shape index (κ2) is 4.82. The molecular formula is C12H18NO2S-. The zero-order valence-electron chi connectivity index (χ0n) is 9.76. The summed E-state index contributed by atoms with van der Waals surface area (Å²) >= 11 is -2.12. The number of hydrogen-bond donors (Lipinski definition) is 0. The Morgan fingerprint density at radius 1 is 1.50 bits per heavy atom. The molecule has 0 amide bonds. The fourth-order valence-corrected chi connectivity index (χ4v) is 3.29. The van der Waals surface area contributed by atoms with Crippen LogP contribution in [0.5, 0.6) is 0 Å². The van der Waals surface area contributed by atoms with Gasteiger partial charge >= 0.3 is 0 Å². The first-order chi connectivity index (χ1) is 7.59. The minimum Gasteiger partial charge on any atom is -0.760 e. The summed E-state index contributed by atoms with van der Waals surface area (Å²) in [5.74, 6) is 1.15. The van der Waals surface area contributed by atoms with Crippen molar-refractivity contribution < 1.29 is 8.76 Å². The summed E-state index contributed by atoms with van der Waals surface area (Å²) in [6, 6.07) is 0.0667. The molecule has 0 aliphatic heterocycles. The van der Waals surface area contributed by atoms with E-state index >= 15 is 0 Å². The van der Waals surface area contributed by atoms with E-state index in [9.17, 15) is 8.76 Å². The summed E-state index contributed by atoms with van der Waals surface area (Å²) in [5.41, 5.74) is 1.30. The molecule has 0 spiro atoms. The molecule has 3 nitrogen and oxygen atoms in total. The van der Waals surface area contributed by atoms with Gasteiger partial charge in [-0.05, 0) is 43.7 Å². The quantitative estimate of drug-likeness (QED) is 0.693. The largest absolute Gasteiger partial charge is 0.760 e. The molecule has 0 aromatic rings. The summed E-state index contributed by atoms with van der Waals surface area (Å²) in [6.45, 7) is 2.21. The molecule has 0 bridgehead atoms. The van der Waals surface area contributed by atoms with Crippen LogP contribution in [0.2, 0.25) is 0 Å². The number of likely N-dealkylation sites (N-methyl/N-ethyl adjacent to an activating group) is 1. The molecule has 4 heteroatoms. The van der Waals surface area contributed by atoms with Crippen molar-refractivity contribution in [2.45, 2.75) is 32.2 Å². The van der Waals surface area contributed by atoms with E-state index in [2.05, 4.69) is 25.2 Å². The van der Waals surface area contributed by atoms with Gasteiger partial charge in [0, 0.05) is 17.3 Å². The van der Waals surface area contributed by atoms with Crippen molar-refractivity contribution >= 4 is 11.3 Å². The summed E-state index contributed by atoms with van der Waals surface area (Å²) in [7, 11) is 1.67. The third-order valence-corrected chi connectivity index (χ3v) is 4.41. The first kappa shape index (κ1) is 12.0. The Labute approximate surface area is 99.6 Å². The number of nitrogens with zero attached hydrogens (tertiary/aromatic N) is 1. The minimum atomic E-state index is -2.12. The average molecular weight is 240 g/mol. The van der Waals surface area contributed by atoms with Crippen molar-refractivity contribution in [3.05, 3.63) is 23.8 Å². The molecular weight excluding hydrogens is 222 g/mol. The van der Waals surface area contributed by atoms with E-state index in [0.29, 0.717) is 11.8 Å². The Morgan fingerprint density at radius 2 is 2.25 bits per heavy atom. The summed E-state index contributed by atoms with van der Waals surface area (Å²) in [6.07, 6.45) is 9.53.